The molecule has 192 valence electrons. The second-order valence-corrected chi connectivity index (χ2v) is 11.2. The molecule has 1 aromatic heterocycles. The van der Waals surface area contributed by atoms with Crippen LogP contribution >= 0.6 is 23.4 Å². The minimum absolute atomic E-state index is 0.116. The van der Waals surface area contributed by atoms with Gasteiger partial charge in [-0.05, 0) is 69.6 Å². The van der Waals surface area contributed by atoms with E-state index in [-0.39, 0.29) is 16.5 Å². The Balaban J connectivity index is 1.59. The normalized spacial score (nSPS) is 11.4. The van der Waals surface area contributed by atoms with E-state index in [0.29, 0.717) is 31.9 Å². The van der Waals surface area contributed by atoms with Crippen molar-refractivity contribution in [1.29, 1.82) is 0 Å². The van der Waals surface area contributed by atoms with Crippen LogP contribution in [-0.4, -0.2) is 4.92 Å². The fourth-order valence-electron chi connectivity index (χ4n) is 5.18. The summed E-state index contributed by atoms with van der Waals surface area (Å²) in [6.07, 6.45) is 0. The maximum absolute atomic E-state index is 13.8. The quantitative estimate of drug-likeness (QED) is 0.0913. The van der Waals surface area contributed by atoms with Gasteiger partial charge in [-0.3, -0.25) is 14.9 Å². The third-order valence-electron chi connectivity index (χ3n) is 6.98. The monoisotopic (exact) mass is 557 g/mol. The van der Waals surface area contributed by atoms with Crippen molar-refractivity contribution in [2.45, 2.75) is 4.90 Å². The van der Waals surface area contributed by atoms with E-state index in [1.807, 2.05) is 91.0 Å². The van der Waals surface area contributed by atoms with Crippen LogP contribution in [0.15, 0.2) is 125 Å². The van der Waals surface area contributed by atoms with Gasteiger partial charge in [0.15, 0.2) is 0 Å². The van der Waals surface area contributed by atoms with Crippen LogP contribution in [0.4, 0.5) is 5.69 Å². The molecular formula is C33H19NO4S2. The Hall–Kier alpha value is -4.72. The molecule has 0 atom stereocenters. The molecule has 7 rings (SSSR count). The molecule has 7 aromatic rings. The number of nitro groups is 1. The van der Waals surface area contributed by atoms with Gasteiger partial charge in [-0.2, -0.15) is 0 Å². The molecule has 0 aliphatic carbocycles. The maximum atomic E-state index is 13.8. The van der Waals surface area contributed by atoms with Crippen molar-refractivity contribution in [2.24, 2.45) is 0 Å². The molecular weight excluding hydrogens is 539 g/mol. The average molecular weight is 558 g/mol. The summed E-state index contributed by atoms with van der Waals surface area (Å²) in [5.41, 5.74) is 0.500. The van der Waals surface area contributed by atoms with Gasteiger partial charge >= 0.3 is 0 Å². The Labute approximate surface area is 236 Å². The molecule has 0 spiro atoms. The van der Waals surface area contributed by atoms with Crippen molar-refractivity contribution in [3.63, 3.8) is 0 Å². The van der Waals surface area contributed by atoms with Gasteiger partial charge in [0.25, 0.3) is 5.69 Å². The van der Waals surface area contributed by atoms with Gasteiger partial charge < -0.3 is 4.18 Å². The van der Waals surface area contributed by atoms with Crippen LogP contribution in [0.3, 0.4) is 0 Å². The number of benzene rings is 6. The Morgan fingerprint density at radius 3 is 2.20 bits per heavy atom. The van der Waals surface area contributed by atoms with Crippen LogP contribution in [0.1, 0.15) is 0 Å². The van der Waals surface area contributed by atoms with Crippen LogP contribution < -0.4 is 9.61 Å². The van der Waals surface area contributed by atoms with Gasteiger partial charge in [-0.1, -0.05) is 72.8 Å². The zero-order valence-corrected chi connectivity index (χ0v) is 22.5. The Kier molecular flexibility index (Phi) is 5.95. The van der Waals surface area contributed by atoms with Crippen molar-refractivity contribution in [3.8, 4) is 16.9 Å². The fourth-order valence-corrected chi connectivity index (χ4v) is 7.13. The minimum atomic E-state index is -0.424. The lowest BCUT2D eigenvalue weighted by Crippen LogP contribution is -2.07. The first-order valence-corrected chi connectivity index (χ1v) is 14.1. The molecule has 0 aliphatic heterocycles. The first-order valence-electron chi connectivity index (χ1n) is 12.6. The highest BCUT2D eigenvalue weighted by Gasteiger charge is 2.29. The lowest BCUT2D eigenvalue weighted by molar-refractivity contribution is -0.382. The van der Waals surface area contributed by atoms with Gasteiger partial charge in [0, 0.05) is 14.8 Å². The second-order valence-electron chi connectivity index (χ2n) is 9.36. The second kappa shape index (κ2) is 9.79. The largest absolute Gasteiger partial charge is 0.421 e. The highest BCUT2D eigenvalue weighted by atomic mass is 32.2. The number of nitrogens with zero attached hydrogens (tertiary/aromatic N) is 1. The third-order valence-corrected chi connectivity index (χ3v) is 8.87. The summed E-state index contributed by atoms with van der Waals surface area (Å²) < 4.78 is 7.38. The fraction of sp³-hybridized carbons (Fsp3) is 0. The molecule has 0 fully saturated rings. The highest BCUT2D eigenvalue weighted by molar-refractivity contribution is 7.95. The molecule has 7 heteroatoms. The summed E-state index contributed by atoms with van der Waals surface area (Å²) in [5.74, 6) is 0.622. The van der Waals surface area contributed by atoms with Crippen molar-refractivity contribution in [2.75, 3.05) is 0 Å². The van der Waals surface area contributed by atoms with E-state index in [9.17, 15) is 14.9 Å². The van der Waals surface area contributed by atoms with E-state index in [1.54, 1.807) is 12.1 Å². The molecule has 40 heavy (non-hydrogen) atoms. The van der Waals surface area contributed by atoms with Crippen molar-refractivity contribution in [1.82, 2.24) is 0 Å². The van der Waals surface area contributed by atoms with E-state index in [1.165, 1.54) is 11.3 Å². The summed E-state index contributed by atoms with van der Waals surface area (Å²) in [6.45, 7) is 0. The zero-order valence-electron chi connectivity index (χ0n) is 20.9. The Bertz CT molecular complexity index is 2170. The summed E-state index contributed by atoms with van der Waals surface area (Å²) in [6, 6.07) is 36.3. The summed E-state index contributed by atoms with van der Waals surface area (Å²) in [7, 11) is 0. The van der Waals surface area contributed by atoms with E-state index >= 15 is 0 Å². The topological polar surface area (TPSA) is 69.4 Å². The molecule has 5 nitrogen and oxygen atoms in total. The van der Waals surface area contributed by atoms with Crippen LogP contribution in [0, 0.1) is 10.1 Å². The predicted octanol–water partition coefficient (Wildman–Crippen LogP) is 9.38. The lowest BCUT2D eigenvalue weighted by atomic mass is 9.93. The average Bonchev–Trinajstić information content (AvgIpc) is 2.98. The van der Waals surface area contributed by atoms with Gasteiger partial charge in [0.2, 0.25) is 5.43 Å². The SMILES string of the molecule is O=c1c2ccccc2sc2cc(SOc3ccccc3)c(-c3cccc4cc5ccccc5cc34)c([N+](=O)[O-])c12. The minimum Gasteiger partial charge on any atom is -0.421 e. The standard InChI is InChI=1S/C33H19NO4S2/c35-33-25-14-6-7-16-27(25)39-28-19-29(40-38-23-12-2-1-3-13-23)30(32(31(28)33)34(36)37)24-15-8-11-22-17-20-9-4-5-10-21(20)18-26(22)24/h1-19H. The molecule has 0 N–H and O–H groups in total. The molecule has 0 amide bonds. The van der Waals surface area contributed by atoms with E-state index < -0.39 is 4.92 Å². The zero-order chi connectivity index (χ0) is 27.2. The first kappa shape index (κ1) is 24.3. The molecule has 0 radical (unpaired) electrons. The van der Waals surface area contributed by atoms with Crippen LogP contribution in [0.2, 0.25) is 0 Å². The van der Waals surface area contributed by atoms with E-state index in [4.69, 9.17) is 4.18 Å². The van der Waals surface area contributed by atoms with Crippen LogP contribution in [0.5, 0.6) is 5.75 Å². The van der Waals surface area contributed by atoms with Crippen molar-refractivity contribution in [3.05, 3.63) is 136 Å². The summed E-state index contributed by atoms with van der Waals surface area (Å²) in [4.78, 5) is 26.8. The van der Waals surface area contributed by atoms with Crippen molar-refractivity contribution < 1.29 is 9.11 Å². The van der Waals surface area contributed by atoms with Crippen LogP contribution in [0.25, 0.3) is 52.8 Å². The van der Waals surface area contributed by atoms with Crippen LogP contribution in [-0.2, 0) is 0 Å². The number of hydrogen-bond donors (Lipinski definition) is 0. The maximum Gasteiger partial charge on any atom is 0.291 e. The number of rotatable bonds is 5. The smallest absolute Gasteiger partial charge is 0.291 e. The first-order chi connectivity index (χ1) is 19.6. The summed E-state index contributed by atoms with van der Waals surface area (Å²) in [5, 5.41) is 17.4. The van der Waals surface area contributed by atoms with Gasteiger partial charge in [-0.15, -0.1) is 11.3 Å². The Morgan fingerprint density at radius 1 is 0.700 bits per heavy atom. The number of fused-ring (bicyclic) bond motifs is 4. The molecule has 6 aromatic carbocycles. The lowest BCUT2D eigenvalue weighted by Gasteiger charge is -2.15. The van der Waals surface area contributed by atoms with Crippen molar-refractivity contribution >= 4 is 70.8 Å². The van der Waals surface area contributed by atoms with E-state index in [2.05, 4.69) is 12.1 Å². The molecule has 0 aliphatic rings. The number of hydrogen-bond acceptors (Lipinski definition) is 6. The molecule has 0 saturated heterocycles. The molecule has 0 saturated carbocycles. The van der Waals surface area contributed by atoms with Gasteiger partial charge in [0.05, 0.1) is 27.4 Å². The molecule has 0 unspecified atom stereocenters. The van der Waals surface area contributed by atoms with Gasteiger partial charge in [-0.25, -0.2) is 0 Å². The van der Waals surface area contributed by atoms with Gasteiger partial charge in [0.1, 0.15) is 11.1 Å². The number of para-hydroxylation sites is 1. The third kappa shape index (κ3) is 4.07. The molecule has 1 heterocycles. The number of nitro benzene ring substituents is 1. The Morgan fingerprint density at radius 2 is 1.40 bits per heavy atom. The molecule has 0 bridgehead atoms. The van der Waals surface area contributed by atoms with E-state index in [0.717, 1.165) is 38.3 Å². The summed E-state index contributed by atoms with van der Waals surface area (Å²) >= 11 is 2.43. The highest BCUT2D eigenvalue weighted by Crippen LogP contribution is 2.47. The predicted molar refractivity (Wildman–Crippen MR) is 166 cm³/mol.